The van der Waals surface area contributed by atoms with E-state index in [0.717, 1.165) is 89.2 Å². The molecule has 38 heavy (non-hydrogen) atoms. The highest BCUT2D eigenvalue weighted by Crippen LogP contribution is 2.59. The molecule has 0 unspecified atom stereocenters. The molecule has 2 aromatic carbocycles. The lowest BCUT2D eigenvalue weighted by molar-refractivity contribution is 0.0699. The average Bonchev–Trinajstić information content (AvgIpc) is 3.52. The normalized spacial score (nSPS) is 25.0. The minimum Gasteiger partial charge on any atom is -0.478 e. The van der Waals surface area contributed by atoms with Crippen molar-refractivity contribution in [1.29, 1.82) is 0 Å². The van der Waals surface area contributed by atoms with Crippen LogP contribution in [0, 0.1) is 5.41 Å². The van der Waals surface area contributed by atoms with E-state index in [1.807, 2.05) is 24.3 Å². The number of rotatable bonds is 6. The van der Waals surface area contributed by atoms with Gasteiger partial charge in [-0.15, -0.1) is 11.3 Å². The fourth-order valence-electron chi connectivity index (χ4n) is 6.41. The number of allylic oxidation sites excluding steroid dienone is 1. The van der Waals surface area contributed by atoms with Crippen LogP contribution in [0.25, 0.3) is 27.6 Å². The number of hydrogen-bond acceptors (Lipinski definition) is 5. The molecule has 0 radical (unpaired) electrons. The van der Waals surface area contributed by atoms with Gasteiger partial charge in [-0.1, -0.05) is 52.6 Å². The van der Waals surface area contributed by atoms with Gasteiger partial charge in [-0.25, -0.2) is 9.78 Å². The number of aromatic nitrogens is 2. The van der Waals surface area contributed by atoms with Gasteiger partial charge in [0.15, 0.2) is 0 Å². The number of benzene rings is 2. The van der Waals surface area contributed by atoms with E-state index >= 15 is 0 Å². The zero-order valence-corrected chi connectivity index (χ0v) is 23.0. The highest BCUT2D eigenvalue weighted by Gasteiger charge is 2.50. The molecule has 0 atom stereocenters. The minimum atomic E-state index is -0.892. The Labute approximate surface area is 234 Å². The first kappa shape index (κ1) is 24.4. The molecular formula is C30H26Cl2N2O3S. The van der Waals surface area contributed by atoms with Crippen LogP contribution in [0.15, 0.2) is 47.0 Å². The van der Waals surface area contributed by atoms with Gasteiger partial charge in [-0.2, -0.15) is 0 Å². The lowest BCUT2D eigenvalue weighted by atomic mass is 9.54. The molecule has 1 N–H and O–H groups in total. The summed E-state index contributed by atoms with van der Waals surface area (Å²) in [6.07, 6.45) is 13.3. The maximum absolute atomic E-state index is 11.7. The van der Waals surface area contributed by atoms with E-state index in [1.165, 1.54) is 0 Å². The van der Waals surface area contributed by atoms with Crippen molar-refractivity contribution >= 4 is 56.8 Å². The second-order valence-corrected chi connectivity index (χ2v) is 12.9. The first-order valence-corrected chi connectivity index (χ1v) is 14.7. The second kappa shape index (κ2) is 8.94. The highest BCUT2D eigenvalue weighted by molar-refractivity contribution is 7.19. The van der Waals surface area contributed by atoms with Crippen LogP contribution >= 0.6 is 34.5 Å². The Hall–Kier alpha value is -2.67. The number of halogens is 2. The third-order valence-electron chi connectivity index (χ3n) is 8.91. The summed E-state index contributed by atoms with van der Waals surface area (Å²) in [4.78, 5) is 16.7. The largest absolute Gasteiger partial charge is 0.478 e. The summed E-state index contributed by atoms with van der Waals surface area (Å²) in [5, 5.41) is 16.3. The lowest BCUT2D eigenvalue weighted by Gasteiger charge is -2.51. The van der Waals surface area contributed by atoms with E-state index in [-0.39, 0.29) is 10.8 Å². The monoisotopic (exact) mass is 564 g/mol. The van der Waals surface area contributed by atoms with Crippen LogP contribution in [-0.4, -0.2) is 21.2 Å². The molecule has 0 spiro atoms. The fourth-order valence-corrected chi connectivity index (χ4v) is 8.33. The predicted molar refractivity (Wildman–Crippen MR) is 151 cm³/mol. The van der Waals surface area contributed by atoms with Crippen molar-refractivity contribution in [3.05, 3.63) is 74.4 Å². The molecular weight excluding hydrogens is 539 g/mol. The molecule has 4 fully saturated rings. The maximum Gasteiger partial charge on any atom is 0.337 e. The first-order chi connectivity index (χ1) is 18.4. The highest BCUT2D eigenvalue weighted by atomic mass is 35.5. The Morgan fingerprint density at radius 2 is 1.71 bits per heavy atom. The molecule has 0 amide bonds. The lowest BCUT2D eigenvalue weighted by Crippen LogP contribution is -2.43. The number of carboxylic acids is 1. The van der Waals surface area contributed by atoms with Crippen LogP contribution in [0.2, 0.25) is 10.0 Å². The van der Waals surface area contributed by atoms with Gasteiger partial charge < -0.3 is 9.63 Å². The molecule has 2 aromatic heterocycles. The molecule has 4 aliphatic rings. The Morgan fingerprint density at radius 3 is 2.37 bits per heavy atom. The van der Waals surface area contributed by atoms with Gasteiger partial charge in [-0.05, 0) is 81.0 Å². The third kappa shape index (κ3) is 3.92. The molecule has 8 heteroatoms. The number of thiazole rings is 1. The number of nitrogens with zero attached hydrogens (tertiary/aromatic N) is 2. The minimum absolute atomic E-state index is 0.0433. The first-order valence-electron chi connectivity index (χ1n) is 13.1. The summed E-state index contributed by atoms with van der Waals surface area (Å²) in [5.74, 6) is 0.458. The zero-order chi connectivity index (χ0) is 26.1. The number of aromatic carboxylic acids is 1. The Balaban J connectivity index is 1.19. The molecule has 0 aliphatic heterocycles. The quantitative estimate of drug-likeness (QED) is 0.252. The van der Waals surface area contributed by atoms with Gasteiger partial charge in [0, 0.05) is 22.5 Å². The van der Waals surface area contributed by atoms with Gasteiger partial charge in [0.25, 0.3) is 0 Å². The zero-order valence-electron chi connectivity index (χ0n) is 20.7. The van der Waals surface area contributed by atoms with Crippen molar-refractivity contribution in [3.8, 4) is 11.3 Å². The summed E-state index contributed by atoms with van der Waals surface area (Å²) in [6.45, 7) is 0. The number of fused-ring (bicyclic) bond motifs is 4. The van der Waals surface area contributed by atoms with E-state index in [2.05, 4.69) is 17.3 Å². The molecule has 4 saturated carbocycles. The Morgan fingerprint density at radius 1 is 1.03 bits per heavy atom. The standard InChI is InChI=1S/C30H26Cl2N2O3S/c31-20-4-2-5-21(32)23(20)24-18(25(37-34-24)17-7-8-17)9-10-29-11-14-30(15-12-29,16-13-29)28-33-22-6-1-3-19(27(35)36)26(22)38-28/h1-6,9-10,17H,7-8,11-16H2,(H,35,36)/b10-9-. The van der Waals surface area contributed by atoms with Crippen LogP contribution < -0.4 is 0 Å². The molecule has 4 aliphatic carbocycles. The van der Waals surface area contributed by atoms with Crippen molar-refractivity contribution in [2.24, 2.45) is 5.41 Å². The van der Waals surface area contributed by atoms with E-state index in [9.17, 15) is 9.90 Å². The van der Waals surface area contributed by atoms with Crippen molar-refractivity contribution in [1.82, 2.24) is 10.1 Å². The maximum atomic E-state index is 11.7. The van der Waals surface area contributed by atoms with E-state index in [4.69, 9.17) is 32.7 Å². The van der Waals surface area contributed by atoms with E-state index < -0.39 is 5.97 Å². The van der Waals surface area contributed by atoms with Crippen LogP contribution in [-0.2, 0) is 5.41 Å². The fraction of sp³-hybridized carbons (Fsp3) is 0.367. The molecule has 194 valence electrons. The van der Waals surface area contributed by atoms with E-state index in [0.29, 0.717) is 21.5 Å². The van der Waals surface area contributed by atoms with Crippen LogP contribution in [0.1, 0.15) is 84.0 Å². The molecule has 2 bridgehead atoms. The summed E-state index contributed by atoms with van der Waals surface area (Å²) in [6, 6.07) is 10.9. The van der Waals surface area contributed by atoms with Crippen molar-refractivity contribution in [2.75, 3.05) is 0 Å². The summed E-state index contributed by atoms with van der Waals surface area (Å²) in [5.41, 5.74) is 3.78. The molecule has 0 saturated heterocycles. The smallest absolute Gasteiger partial charge is 0.337 e. The average molecular weight is 566 g/mol. The van der Waals surface area contributed by atoms with Gasteiger partial charge in [0.05, 0.1) is 25.8 Å². The topological polar surface area (TPSA) is 76.2 Å². The number of carboxylic acid groups (broad SMARTS) is 1. The number of hydrogen-bond donors (Lipinski definition) is 1. The van der Waals surface area contributed by atoms with Crippen molar-refractivity contribution in [2.45, 2.75) is 62.7 Å². The summed E-state index contributed by atoms with van der Waals surface area (Å²) < 4.78 is 6.65. The Bertz CT molecular complexity index is 1570. The SMILES string of the molecule is O=C(O)c1cccc2nc(C34CCC(/C=C\c5c(-c6c(Cl)cccc6Cl)noc5C5CC5)(CC3)CC4)sc12. The van der Waals surface area contributed by atoms with E-state index in [1.54, 1.807) is 23.5 Å². The predicted octanol–water partition coefficient (Wildman–Crippen LogP) is 9.14. The van der Waals surface area contributed by atoms with Crippen LogP contribution in [0.4, 0.5) is 0 Å². The molecule has 2 heterocycles. The molecule has 5 nitrogen and oxygen atoms in total. The van der Waals surface area contributed by atoms with Crippen molar-refractivity contribution < 1.29 is 14.4 Å². The van der Waals surface area contributed by atoms with Crippen LogP contribution in [0.5, 0.6) is 0 Å². The van der Waals surface area contributed by atoms with Gasteiger partial charge >= 0.3 is 5.97 Å². The summed E-state index contributed by atoms with van der Waals surface area (Å²) in [7, 11) is 0. The Kier molecular flexibility index (Phi) is 5.73. The van der Waals surface area contributed by atoms with Crippen molar-refractivity contribution in [3.63, 3.8) is 0 Å². The van der Waals surface area contributed by atoms with Gasteiger partial charge in [0.1, 0.15) is 16.5 Å². The molecule has 8 rings (SSSR count). The third-order valence-corrected chi connectivity index (χ3v) is 10.9. The molecule has 4 aromatic rings. The summed E-state index contributed by atoms with van der Waals surface area (Å²) >= 11 is 14.7. The number of carbonyl (C=O) groups is 1. The van der Waals surface area contributed by atoms with Gasteiger partial charge in [-0.3, -0.25) is 0 Å². The second-order valence-electron chi connectivity index (χ2n) is 11.1. The van der Waals surface area contributed by atoms with Crippen LogP contribution in [0.3, 0.4) is 0 Å². The van der Waals surface area contributed by atoms with Gasteiger partial charge in [0.2, 0.25) is 0 Å².